The van der Waals surface area contributed by atoms with E-state index in [0.29, 0.717) is 37.7 Å². The number of thiophene rings is 1. The van der Waals surface area contributed by atoms with Gasteiger partial charge in [0.2, 0.25) is 0 Å². The highest BCUT2D eigenvalue weighted by atomic mass is 35.5. The fourth-order valence-electron chi connectivity index (χ4n) is 9.83. The molecule has 59 heavy (non-hydrogen) atoms. The molecule has 2 aromatic carbocycles. The van der Waals surface area contributed by atoms with Crippen LogP contribution in [0.25, 0.3) is 32.1 Å². The molecule has 1 unspecified atom stereocenters. The predicted molar refractivity (Wildman–Crippen MR) is 219 cm³/mol. The molecule has 4 aliphatic rings. The third-order valence-corrected chi connectivity index (χ3v) is 14.1. The molecule has 2 N–H and O–H groups in total. The number of anilines is 2. The third-order valence-electron chi connectivity index (χ3n) is 12.7. The molecule has 0 saturated carbocycles. The van der Waals surface area contributed by atoms with E-state index in [-0.39, 0.29) is 109 Å². The number of hydrogen-bond acceptors (Lipinski definition) is 12. The lowest BCUT2D eigenvalue weighted by Gasteiger charge is -2.54. The van der Waals surface area contributed by atoms with Gasteiger partial charge in [0.05, 0.1) is 32.8 Å². The van der Waals surface area contributed by atoms with Crippen molar-refractivity contribution in [2.75, 3.05) is 50.0 Å². The Kier molecular flexibility index (Phi) is 9.83. The molecule has 3 aromatic heterocycles. The number of nitriles is 1. The molecule has 0 radical (unpaired) electrons. The molecule has 1 amide bonds. The Balaban J connectivity index is 1.16. The monoisotopic (exact) mass is 848 g/mol. The molecular weight excluding hydrogens is 805 g/mol. The first kappa shape index (κ1) is 39.5. The van der Waals surface area contributed by atoms with E-state index in [1.807, 2.05) is 29.7 Å². The number of likely N-dealkylation sites (tertiary alicyclic amines) is 1. The van der Waals surface area contributed by atoms with Crippen molar-refractivity contribution in [1.29, 1.82) is 5.26 Å². The van der Waals surface area contributed by atoms with Crippen molar-refractivity contribution in [2.24, 2.45) is 11.8 Å². The maximum atomic E-state index is 17.6. The summed E-state index contributed by atoms with van der Waals surface area (Å²) < 4.78 is 61.7. The SMILES string of the molecule is CC(C)c1ncn(C(=O)N2C[C@@H](C(C)N3CCOc4c(Cl)c(-c5ccc(F)c6sc(N)c(C#N)c56)c(F)c5nc(OC[C@@]67CCCN6C[C@H](F)C7)nc3c45)[C@H]2C(C)C)n1. The number of nitrogens with two attached hydrogens (primary N) is 1. The van der Waals surface area contributed by atoms with Gasteiger partial charge in [-0.3, -0.25) is 4.90 Å². The zero-order valence-electron chi connectivity index (χ0n) is 33.3. The van der Waals surface area contributed by atoms with Gasteiger partial charge in [0.15, 0.2) is 17.4 Å². The molecule has 5 atom stereocenters. The quantitative estimate of drug-likeness (QED) is 0.163. The van der Waals surface area contributed by atoms with Crippen molar-refractivity contribution in [1.82, 2.24) is 34.5 Å². The van der Waals surface area contributed by atoms with Crippen molar-refractivity contribution in [2.45, 2.75) is 83.6 Å². The summed E-state index contributed by atoms with van der Waals surface area (Å²) in [6, 6.07) is 3.80. The molecule has 5 aromatic rings. The number of ether oxygens (including phenoxy) is 2. The van der Waals surface area contributed by atoms with Crippen molar-refractivity contribution >= 4 is 60.8 Å². The third kappa shape index (κ3) is 6.23. The Hall–Kier alpha value is -4.92. The van der Waals surface area contributed by atoms with E-state index in [1.54, 1.807) is 0 Å². The van der Waals surface area contributed by atoms with Crippen LogP contribution in [-0.4, -0.2) is 104 Å². The summed E-state index contributed by atoms with van der Waals surface area (Å²) in [6.45, 7) is 12.2. The fourth-order valence-corrected chi connectivity index (χ4v) is 11.1. The Morgan fingerprint density at radius 2 is 1.97 bits per heavy atom. The zero-order chi connectivity index (χ0) is 41.7. The van der Waals surface area contributed by atoms with Crippen LogP contribution in [0.3, 0.4) is 0 Å². The Labute approximate surface area is 347 Å². The number of nitrogens with zero attached hydrogens (tertiary/aromatic N) is 9. The molecule has 3 fully saturated rings. The second-order valence-electron chi connectivity index (χ2n) is 16.8. The number of halogens is 4. The Bertz CT molecular complexity index is 2560. The molecule has 13 nitrogen and oxygen atoms in total. The minimum absolute atomic E-state index is 0.00858. The Morgan fingerprint density at radius 3 is 2.69 bits per heavy atom. The molecule has 9 rings (SSSR count). The molecule has 0 spiro atoms. The number of nitrogen functional groups attached to an aromatic ring is 1. The lowest BCUT2D eigenvalue weighted by molar-refractivity contribution is 0.00740. The van der Waals surface area contributed by atoms with E-state index < -0.39 is 23.3 Å². The topological polar surface area (TPSA) is 152 Å². The van der Waals surface area contributed by atoms with Gasteiger partial charge in [-0.15, -0.1) is 16.4 Å². The first-order chi connectivity index (χ1) is 28.2. The summed E-state index contributed by atoms with van der Waals surface area (Å²) in [5, 5.41) is 14.8. The average Bonchev–Trinajstić information content (AvgIpc) is 3.94. The molecule has 4 aliphatic heterocycles. The minimum Gasteiger partial charge on any atom is -0.489 e. The van der Waals surface area contributed by atoms with Gasteiger partial charge in [0, 0.05) is 54.4 Å². The number of fused-ring (bicyclic) bond motifs is 2. The van der Waals surface area contributed by atoms with Crippen molar-refractivity contribution in [3.05, 3.63) is 46.5 Å². The van der Waals surface area contributed by atoms with Gasteiger partial charge in [0.25, 0.3) is 0 Å². The van der Waals surface area contributed by atoms with Crippen molar-refractivity contribution < 1.29 is 27.4 Å². The first-order valence-electron chi connectivity index (χ1n) is 20.0. The molecule has 18 heteroatoms. The van der Waals surface area contributed by atoms with Crippen LogP contribution < -0.4 is 20.1 Å². The predicted octanol–water partition coefficient (Wildman–Crippen LogP) is 7.78. The van der Waals surface area contributed by atoms with E-state index in [2.05, 4.69) is 40.7 Å². The smallest absolute Gasteiger partial charge is 0.346 e. The highest BCUT2D eigenvalue weighted by molar-refractivity contribution is 7.23. The van der Waals surface area contributed by atoms with Gasteiger partial charge in [-0.1, -0.05) is 45.4 Å². The number of carbonyl (C=O) groups excluding carboxylic acids is 1. The number of carbonyl (C=O) groups is 1. The number of benzene rings is 2. The second kappa shape index (κ2) is 14.7. The molecule has 0 bridgehead atoms. The van der Waals surface area contributed by atoms with Gasteiger partial charge in [-0.25, -0.2) is 22.9 Å². The van der Waals surface area contributed by atoms with E-state index >= 15 is 8.78 Å². The average molecular weight is 849 g/mol. The second-order valence-corrected chi connectivity index (χ2v) is 18.2. The van der Waals surface area contributed by atoms with E-state index in [4.69, 9.17) is 31.8 Å². The van der Waals surface area contributed by atoms with Crippen LogP contribution in [0.15, 0.2) is 18.5 Å². The fraction of sp³-hybridized carbons (Fsp3) is 0.512. The van der Waals surface area contributed by atoms with Gasteiger partial charge in [0.1, 0.15) is 53.9 Å². The molecule has 0 aliphatic carbocycles. The largest absolute Gasteiger partial charge is 0.489 e. The van der Waals surface area contributed by atoms with Gasteiger partial charge >= 0.3 is 12.0 Å². The molecular formula is C41H44ClF3N10O3S. The summed E-state index contributed by atoms with van der Waals surface area (Å²) >= 11 is 8.06. The van der Waals surface area contributed by atoms with E-state index in [0.717, 1.165) is 30.7 Å². The van der Waals surface area contributed by atoms with Gasteiger partial charge in [-0.05, 0) is 43.9 Å². The van der Waals surface area contributed by atoms with Crippen LogP contribution in [0.4, 0.5) is 28.8 Å². The molecule has 7 heterocycles. The number of amides is 1. The van der Waals surface area contributed by atoms with E-state index in [1.165, 1.54) is 23.1 Å². The van der Waals surface area contributed by atoms with Crippen molar-refractivity contribution in [3.63, 3.8) is 0 Å². The summed E-state index contributed by atoms with van der Waals surface area (Å²) in [6.07, 6.45) is 2.43. The first-order valence-corrected chi connectivity index (χ1v) is 21.2. The molecule has 310 valence electrons. The number of alkyl halides is 1. The summed E-state index contributed by atoms with van der Waals surface area (Å²) in [5.74, 6) is -0.331. The number of aromatic nitrogens is 5. The van der Waals surface area contributed by atoms with Gasteiger partial charge in [-0.2, -0.15) is 19.9 Å². The maximum absolute atomic E-state index is 17.6. The minimum atomic E-state index is -0.985. The van der Waals surface area contributed by atoms with E-state index in [9.17, 15) is 14.4 Å². The van der Waals surface area contributed by atoms with Crippen molar-refractivity contribution in [3.8, 4) is 29.0 Å². The highest BCUT2D eigenvalue weighted by Gasteiger charge is 2.51. The molecule has 3 saturated heterocycles. The van der Waals surface area contributed by atoms with Gasteiger partial charge < -0.3 is 25.0 Å². The highest BCUT2D eigenvalue weighted by Crippen LogP contribution is 2.52. The summed E-state index contributed by atoms with van der Waals surface area (Å²) in [5.41, 5.74) is 5.51. The zero-order valence-corrected chi connectivity index (χ0v) is 34.9. The maximum Gasteiger partial charge on any atom is 0.346 e. The number of rotatable bonds is 8. The lowest BCUT2D eigenvalue weighted by Crippen LogP contribution is -2.67. The van der Waals surface area contributed by atoms with Crippen LogP contribution in [0.2, 0.25) is 5.02 Å². The summed E-state index contributed by atoms with van der Waals surface area (Å²) in [4.78, 5) is 33.7. The standard InChI is InChI=1S/C41H44ClF3N10O3S/c1-19(2)33-25(16-54(33)40(56)55-18-48-37(51-55)20(3)4)21(5)53-11-12-57-34-29-32(49-39(50-38(29)53)58-17-41-9-6-10-52(41)15-22(43)13-41)31(45)28(30(34)42)23-7-8-26(44)35-27(23)24(14-46)36(47)59-35/h7-8,18-22,25,33H,6,9-13,15-17,47H2,1-5H3/t21?,22-,25+,33-,41+/m1/s1. The number of hydrogen-bond donors (Lipinski definition) is 1. The normalized spacial score (nSPS) is 23.5. The summed E-state index contributed by atoms with van der Waals surface area (Å²) in [7, 11) is 0. The van der Waals surface area contributed by atoms with Crippen LogP contribution >= 0.6 is 22.9 Å². The van der Waals surface area contributed by atoms with Crippen LogP contribution in [-0.2, 0) is 0 Å². The van der Waals surface area contributed by atoms with Crippen LogP contribution in [0.1, 0.15) is 71.2 Å². The lowest BCUT2D eigenvalue weighted by atomic mass is 9.76. The Morgan fingerprint density at radius 1 is 1.17 bits per heavy atom. The van der Waals surface area contributed by atoms with Crippen LogP contribution in [0.5, 0.6) is 11.8 Å². The van der Waals surface area contributed by atoms with Crippen LogP contribution in [0, 0.1) is 34.8 Å².